The Kier molecular flexibility index (Phi) is 8.79. The monoisotopic (exact) mass is 525 g/mol. The highest BCUT2D eigenvalue weighted by atomic mass is 127. The minimum Gasteiger partial charge on any atom is -0.492 e. The third-order valence-electron chi connectivity index (χ3n) is 3.41. The van der Waals surface area contributed by atoms with E-state index in [9.17, 15) is 21.6 Å². The number of nitrogens with two attached hydrogens (primary N) is 1. The van der Waals surface area contributed by atoms with Crippen LogP contribution in [0.25, 0.3) is 0 Å². The third-order valence-corrected chi connectivity index (χ3v) is 5.85. The number of nitrogens with zero attached hydrogens (tertiary/aromatic N) is 2. The molecule has 0 unspecified atom stereocenters. The Bertz CT molecular complexity index is 706. The average Bonchev–Trinajstić information content (AvgIpc) is 2.58. The summed E-state index contributed by atoms with van der Waals surface area (Å²) in [6.07, 6.45) is 0. The number of ether oxygens (including phenoxy) is 1. The third kappa shape index (κ3) is 6.08. The van der Waals surface area contributed by atoms with Crippen molar-refractivity contribution in [2.75, 3.05) is 37.7 Å². The molecule has 1 fully saturated rings. The van der Waals surface area contributed by atoms with Gasteiger partial charge in [0.2, 0.25) is 0 Å². The van der Waals surface area contributed by atoms with Gasteiger partial charge in [0.25, 0.3) is 9.84 Å². The Balaban J connectivity index is 0.00000338. The van der Waals surface area contributed by atoms with E-state index < -0.39 is 20.2 Å². The molecule has 0 saturated carbocycles. The van der Waals surface area contributed by atoms with E-state index in [4.69, 9.17) is 10.5 Å². The van der Waals surface area contributed by atoms with Crippen molar-refractivity contribution < 1.29 is 26.3 Å². The van der Waals surface area contributed by atoms with Gasteiger partial charge in [-0.2, -0.15) is 24.9 Å². The SMILES string of the molecule is I.NC(=NCCOc1ccc(S(=O)(=O)C(F)(F)F)cc1)N1CCSCC1. The van der Waals surface area contributed by atoms with E-state index >= 15 is 0 Å². The maximum atomic E-state index is 12.4. The first-order valence-corrected chi connectivity index (χ1v) is 10.0. The van der Waals surface area contributed by atoms with E-state index in [1.165, 1.54) is 12.1 Å². The Morgan fingerprint density at radius 2 is 1.81 bits per heavy atom. The van der Waals surface area contributed by atoms with E-state index in [1.807, 2.05) is 16.7 Å². The number of rotatable bonds is 5. The average molecular weight is 525 g/mol. The summed E-state index contributed by atoms with van der Waals surface area (Å²) in [4.78, 5) is 5.35. The van der Waals surface area contributed by atoms with Crippen molar-refractivity contribution in [3.63, 3.8) is 0 Å². The van der Waals surface area contributed by atoms with Gasteiger partial charge in [0, 0.05) is 24.6 Å². The van der Waals surface area contributed by atoms with Crippen LogP contribution >= 0.6 is 35.7 Å². The molecule has 1 heterocycles. The summed E-state index contributed by atoms with van der Waals surface area (Å²) < 4.78 is 65.2. The number of hydrogen-bond acceptors (Lipinski definition) is 5. The number of thioether (sulfide) groups is 1. The van der Waals surface area contributed by atoms with Gasteiger partial charge in [-0.25, -0.2) is 13.4 Å². The van der Waals surface area contributed by atoms with Crippen LogP contribution in [0.15, 0.2) is 34.2 Å². The summed E-state index contributed by atoms with van der Waals surface area (Å²) in [5.74, 6) is 2.69. The number of benzene rings is 1. The fourth-order valence-electron chi connectivity index (χ4n) is 2.06. The van der Waals surface area contributed by atoms with Crippen LogP contribution in [0.1, 0.15) is 0 Å². The van der Waals surface area contributed by atoms with Crippen LogP contribution in [0.5, 0.6) is 5.75 Å². The summed E-state index contributed by atoms with van der Waals surface area (Å²) >= 11 is 1.86. The maximum Gasteiger partial charge on any atom is 0.501 e. The zero-order chi connectivity index (χ0) is 18.5. The fraction of sp³-hybridized carbons (Fsp3) is 0.500. The van der Waals surface area contributed by atoms with Crippen molar-refractivity contribution in [3.05, 3.63) is 24.3 Å². The van der Waals surface area contributed by atoms with Gasteiger partial charge >= 0.3 is 5.51 Å². The molecule has 1 aliphatic rings. The minimum atomic E-state index is -5.34. The van der Waals surface area contributed by atoms with E-state index in [-0.39, 0.29) is 42.9 Å². The van der Waals surface area contributed by atoms with E-state index in [0.717, 1.165) is 36.7 Å². The van der Waals surface area contributed by atoms with Crippen LogP contribution in [0.4, 0.5) is 13.2 Å². The molecule has 148 valence electrons. The lowest BCUT2D eigenvalue weighted by Crippen LogP contribution is -2.42. The molecule has 0 radical (unpaired) electrons. The molecule has 0 spiro atoms. The van der Waals surface area contributed by atoms with Crippen molar-refractivity contribution >= 4 is 51.5 Å². The lowest BCUT2D eigenvalue weighted by molar-refractivity contribution is -0.0436. The highest BCUT2D eigenvalue weighted by molar-refractivity contribution is 14.0. The molecule has 26 heavy (non-hydrogen) atoms. The van der Waals surface area contributed by atoms with Crippen LogP contribution < -0.4 is 10.5 Å². The number of alkyl halides is 3. The van der Waals surface area contributed by atoms with Crippen molar-refractivity contribution in [1.29, 1.82) is 0 Å². The second-order valence-corrected chi connectivity index (χ2v) is 8.27. The first kappa shape index (κ1) is 23.1. The van der Waals surface area contributed by atoms with Gasteiger partial charge in [-0.1, -0.05) is 0 Å². The Morgan fingerprint density at radius 1 is 1.23 bits per heavy atom. The zero-order valence-corrected chi connectivity index (χ0v) is 17.6. The molecule has 0 atom stereocenters. The second-order valence-electron chi connectivity index (χ2n) is 5.11. The molecule has 1 aromatic rings. The first-order chi connectivity index (χ1) is 11.7. The molecule has 2 rings (SSSR count). The summed E-state index contributed by atoms with van der Waals surface area (Å²) in [6, 6.07) is 4.07. The molecule has 0 amide bonds. The van der Waals surface area contributed by atoms with Gasteiger partial charge in [-0.3, -0.25) is 0 Å². The summed E-state index contributed by atoms with van der Waals surface area (Å²) in [7, 11) is -5.34. The van der Waals surface area contributed by atoms with Crippen LogP contribution in [-0.2, 0) is 9.84 Å². The number of hydrogen-bond donors (Lipinski definition) is 1. The number of guanidine groups is 1. The molecule has 0 aromatic heterocycles. The van der Waals surface area contributed by atoms with Gasteiger partial charge < -0.3 is 15.4 Å². The van der Waals surface area contributed by atoms with Gasteiger partial charge in [-0.05, 0) is 24.3 Å². The van der Waals surface area contributed by atoms with E-state index in [2.05, 4.69) is 4.99 Å². The van der Waals surface area contributed by atoms with E-state index in [0.29, 0.717) is 5.96 Å². The van der Waals surface area contributed by atoms with Crippen molar-refractivity contribution in [2.24, 2.45) is 10.7 Å². The predicted octanol–water partition coefficient (Wildman–Crippen LogP) is 2.34. The lowest BCUT2D eigenvalue weighted by Gasteiger charge is -2.27. The van der Waals surface area contributed by atoms with Crippen LogP contribution in [0.2, 0.25) is 0 Å². The lowest BCUT2D eigenvalue weighted by atomic mass is 10.3. The quantitative estimate of drug-likeness (QED) is 0.275. The molecular formula is C14H19F3IN3O3S2. The molecule has 2 N–H and O–H groups in total. The van der Waals surface area contributed by atoms with Crippen molar-refractivity contribution in [1.82, 2.24) is 4.90 Å². The Hall–Kier alpha value is -0.890. The van der Waals surface area contributed by atoms with Gasteiger partial charge in [0.15, 0.2) is 5.96 Å². The molecule has 6 nitrogen and oxygen atoms in total. The van der Waals surface area contributed by atoms with E-state index in [1.54, 1.807) is 0 Å². The van der Waals surface area contributed by atoms with Gasteiger partial charge in [0.05, 0.1) is 11.4 Å². The maximum absolute atomic E-state index is 12.4. The number of aliphatic imine (C=N–C) groups is 1. The normalized spacial score (nSPS) is 16.1. The first-order valence-electron chi connectivity index (χ1n) is 7.38. The molecule has 1 aliphatic heterocycles. The highest BCUT2D eigenvalue weighted by Crippen LogP contribution is 2.30. The number of sulfone groups is 1. The molecule has 1 saturated heterocycles. The minimum absolute atomic E-state index is 0. The topological polar surface area (TPSA) is 85.0 Å². The van der Waals surface area contributed by atoms with Crippen LogP contribution in [-0.4, -0.2) is 62.5 Å². The van der Waals surface area contributed by atoms with Crippen LogP contribution in [0, 0.1) is 0 Å². The molecular weight excluding hydrogens is 506 g/mol. The second kappa shape index (κ2) is 9.88. The highest BCUT2D eigenvalue weighted by Gasteiger charge is 2.46. The van der Waals surface area contributed by atoms with Crippen molar-refractivity contribution in [2.45, 2.75) is 10.4 Å². The van der Waals surface area contributed by atoms with Crippen LogP contribution in [0.3, 0.4) is 0 Å². The molecule has 0 aliphatic carbocycles. The molecule has 12 heteroatoms. The molecule has 0 bridgehead atoms. The number of halogens is 4. The summed E-state index contributed by atoms with van der Waals surface area (Å²) in [5, 5.41) is 0. The van der Waals surface area contributed by atoms with Crippen molar-refractivity contribution in [3.8, 4) is 5.75 Å². The Labute approximate surface area is 171 Å². The Morgan fingerprint density at radius 3 is 2.35 bits per heavy atom. The summed E-state index contributed by atoms with van der Waals surface area (Å²) in [5.41, 5.74) is 0.549. The largest absolute Gasteiger partial charge is 0.501 e. The van der Waals surface area contributed by atoms with Gasteiger partial charge in [0.1, 0.15) is 12.4 Å². The zero-order valence-electron chi connectivity index (χ0n) is 13.6. The smallest absolute Gasteiger partial charge is 0.492 e. The standard InChI is InChI=1S/C14H18F3N3O3S2.HI/c15-14(16,17)25(21,22)12-3-1-11(2-4-12)23-8-5-19-13(18)20-6-9-24-10-7-20;/h1-4H,5-10H2,(H2,18,19);1H. The summed E-state index contributed by atoms with van der Waals surface area (Å²) in [6.45, 7) is 2.15. The fourth-order valence-corrected chi connectivity index (χ4v) is 3.73. The molecule has 1 aromatic carbocycles. The van der Waals surface area contributed by atoms with Gasteiger partial charge in [-0.15, -0.1) is 24.0 Å². The predicted molar refractivity (Wildman–Crippen MR) is 106 cm³/mol.